The van der Waals surface area contributed by atoms with Gasteiger partial charge in [0.05, 0.1) is 12.5 Å². The van der Waals surface area contributed by atoms with Crippen molar-refractivity contribution in [1.29, 1.82) is 0 Å². The van der Waals surface area contributed by atoms with E-state index in [1.54, 1.807) is 0 Å². The van der Waals surface area contributed by atoms with Gasteiger partial charge in [0, 0.05) is 25.0 Å². The number of ether oxygens (including phenoxy) is 1. The van der Waals surface area contributed by atoms with Crippen LogP contribution in [0.3, 0.4) is 0 Å². The topological polar surface area (TPSA) is 45.3 Å². The Morgan fingerprint density at radius 1 is 1.42 bits per heavy atom. The molecule has 2 rings (SSSR count). The van der Waals surface area contributed by atoms with Crippen LogP contribution in [0.25, 0.3) is 0 Å². The van der Waals surface area contributed by atoms with E-state index in [0.717, 1.165) is 32.2 Å². The first-order chi connectivity index (χ1) is 9.20. The molecule has 0 unspecified atom stereocenters. The van der Waals surface area contributed by atoms with Gasteiger partial charge >= 0.3 is 5.97 Å². The number of rotatable bonds is 5. The number of H-pyrrole nitrogens is 1. The predicted molar refractivity (Wildman–Crippen MR) is 74.6 cm³/mol. The van der Waals surface area contributed by atoms with Crippen LogP contribution < -0.4 is 0 Å². The van der Waals surface area contributed by atoms with Gasteiger partial charge in [0.1, 0.15) is 0 Å². The number of hydrogen-bond acceptors (Lipinski definition) is 3. The molecule has 106 valence electrons. The zero-order chi connectivity index (χ0) is 13.7. The van der Waals surface area contributed by atoms with Crippen LogP contribution >= 0.6 is 0 Å². The number of aromatic amines is 1. The highest BCUT2D eigenvalue weighted by Gasteiger charge is 2.28. The van der Waals surface area contributed by atoms with E-state index in [9.17, 15) is 4.79 Å². The van der Waals surface area contributed by atoms with Gasteiger partial charge in [-0.25, -0.2) is 0 Å². The number of esters is 1. The van der Waals surface area contributed by atoms with Crippen molar-refractivity contribution in [2.75, 3.05) is 13.7 Å². The summed E-state index contributed by atoms with van der Waals surface area (Å²) in [5, 5.41) is 0. The summed E-state index contributed by atoms with van der Waals surface area (Å²) < 4.78 is 5.11. The molecule has 1 heterocycles. The zero-order valence-electron chi connectivity index (χ0n) is 11.9. The lowest BCUT2D eigenvalue weighted by molar-refractivity contribution is -0.149. The molecule has 0 atom stereocenters. The molecule has 0 aliphatic heterocycles. The molecule has 1 aliphatic carbocycles. The molecular formula is C15H24N2O2. The largest absolute Gasteiger partial charge is 0.466 e. The molecule has 0 radical (unpaired) electrons. The maximum Gasteiger partial charge on any atom is 0.308 e. The summed E-state index contributed by atoms with van der Waals surface area (Å²) in [6.07, 6.45) is 8.10. The molecule has 1 aliphatic rings. The lowest BCUT2D eigenvalue weighted by atomic mass is 9.85. The van der Waals surface area contributed by atoms with Crippen molar-refractivity contribution in [1.82, 2.24) is 9.88 Å². The Morgan fingerprint density at radius 2 is 2.16 bits per heavy atom. The third-order valence-corrected chi connectivity index (χ3v) is 4.03. The second kappa shape index (κ2) is 6.75. The summed E-state index contributed by atoms with van der Waals surface area (Å²) in [5.41, 5.74) is 1.31. The Morgan fingerprint density at radius 3 is 2.74 bits per heavy atom. The Bertz CT molecular complexity index is 381. The van der Waals surface area contributed by atoms with E-state index >= 15 is 0 Å². The number of hydrogen-bond donors (Lipinski definition) is 1. The van der Waals surface area contributed by atoms with Gasteiger partial charge in [0.2, 0.25) is 0 Å². The molecule has 1 N–H and O–H groups in total. The molecule has 0 saturated heterocycles. The van der Waals surface area contributed by atoms with Crippen LogP contribution in [-0.4, -0.2) is 35.5 Å². The fraction of sp³-hybridized carbons (Fsp3) is 0.667. The van der Waals surface area contributed by atoms with Gasteiger partial charge in [-0.15, -0.1) is 0 Å². The predicted octanol–water partition coefficient (Wildman–Crippen LogP) is 2.57. The molecule has 0 bridgehead atoms. The minimum atomic E-state index is -0.00534. The average molecular weight is 264 g/mol. The van der Waals surface area contributed by atoms with Crippen molar-refractivity contribution in [3.8, 4) is 0 Å². The van der Waals surface area contributed by atoms with Gasteiger partial charge in [-0.1, -0.05) is 0 Å². The van der Waals surface area contributed by atoms with Crippen molar-refractivity contribution in [2.24, 2.45) is 5.92 Å². The monoisotopic (exact) mass is 264 g/mol. The van der Waals surface area contributed by atoms with Crippen LogP contribution in [0.2, 0.25) is 0 Å². The number of carbonyl (C=O) groups excluding carboxylic acids is 1. The van der Waals surface area contributed by atoms with Crippen LogP contribution in [0.15, 0.2) is 18.5 Å². The Balaban J connectivity index is 1.77. The van der Waals surface area contributed by atoms with Crippen molar-refractivity contribution in [3.63, 3.8) is 0 Å². The highest BCUT2D eigenvalue weighted by Crippen LogP contribution is 2.28. The first-order valence-electron chi connectivity index (χ1n) is 7.19. The Kier molecular flexibility index (Phi) is 5.02. The highest BCUT2D eigenvalue weighted by atomic mass is 16.5. The first kappa shape index (κ1) is 14.1. The van der Waals surface area contributed by atoms with Crippen molar-refractivity contribution in [3.05, 3.63) is 24.0 Å². The molecule has 0 spiro atoms. The summed E-state index contributed by atoms with van der Waals surface area (Å²) in [5.74, 6) is 0.117. The maximum atomic E-state index is 11.7. The van der Waals surface area contributed by atoms with Crippen LogP contribution in [0.5, 0.6) is 0 Å². The van der Waals surface area contributed by atoms with Gasteiger partial charge < -0.3 is 9.72 Å². The summed E-state index contributed by atoms with van der Waals surface area (Å²) in [6.45, 7) is 3.33. The fourth-order valence-electron chi connectivity index (χ4n) is 2.89. The fourth-order valence-corrected chi connectivity index (χ4v) is 2.89. The zero-order valence-corrected chi connectivity index (χ0v) is 11.9. The second-order valence-electron chi connectivity index (χ2n) is 5.39. The number of aromatic nitrogens is 1. The van der Waals surface area contributed by atoms with Crippen molar-refractivity contribution >= 4 is 5.97 Å². The summed E-state index contributed by atoms with van der Waals surface area (Å²) >= 11 is 0. The summed E-state index contributed by atoms with van der Waals surface area (Å²) in [7, 11) is 2.17. The lowest BCUT2D eigenvalue weighted by Crippen LogP contribution is -2.36. The molecule has 1 aromatic heterocycles. The molecule has 1 aromatic rings. The van der Waals surface area contributed by atoms with E-state index in [2.05, 4.69) is 23.0 Å². The lowest BCUT2D eigenvalue weighted by Gasteiger charge is -2.33. The van der Waals surface area contributed by atoms with E-state index in [0.29, 0.717) is 12.6 Å². The first-order valence-corrected chi connectivity index (χ1v) is 7.19. The molecular weight excluding hydrogens is 240 g/mol. The standard InChI is InChI=1S/C15H24N2O2/c1-3-19-15(18)13-4-6-14(7-5-13)17(2)11-12-8-9-16-10-12/h8-10,13-14,16H,3-7,11H2,1-2H3. The van der Waals surface area contributed by atoms with Crippen LogP contribution in [-0.2, 0) is 16.1 Å². The summed E-state index contributed by atoms with van der Waals surface area (Å²) in [4.78, 5) is 17.2. The van der Waals surface area contributed by atoms with Crippen LogP contribution in [0, 0.1) is 5.92 Å². The average Bonchev–Trinajstić information content (AvgIpc) is 2.92. The maximum absolute atomic E-state index is 11.7. The normalized spacial score (nSPS) is 23.5. The van der Waals surface area contributed by atoms with E-state index in [-0.39, 0.29) is 11.9 Å². The molecule has 4 nitrogen and oxygen atoms in total. The van der Waals surface area contributed by atoms with Gasteiger partial charge in [-0.05, 0) is 51.3 Å². The molecule has 1 saturated carbocycles. The second-order valence-corrected chi connectivity index (χ2v) is 5.39. The minimum Gasteiger partial charge on any atom is -0.466 e. The SMILES string of the molecule is CCOC(=O)C1CCC(N(C)Cc2cc[nH]c2)CC1. The van der Waals surface area contributed by atoms with E-state index in [1.807, 2.05) is 19.3 Å². The van der Waals surface area contributed by atoms with Crippen molar-refractivity contribution < 1.29 is 9.53 Å². The van der Waals surface area contributed by atoms with Gasteiger partial charge in [0.15, 0.2) is 0 Å². The molecule has 19 heavy (non-hydrogen) atoms. The van der Waals surface area contributed by atoms with Gasteiger partial charge in [0.25, 0.3) is 0 Å². The highest BCUT2D eigenvalue weighted by molar-refractivity contribution is 5.72. The summed E-state index contributed by atoms with van der Waals surface area (Å²) in [6, 6.07) is 2.70. The molecule has 1 fully saturated rings. The third-order valence-electron chi connectivity index (χ3n) is 4.03. The van der Waals surface area contributed by atoms with Gasteiger partial charge in [-0.3, -0.25) is 9.69 Å². The number of nitrogens with zero attached hydrogens (tertiary/aromatic N) is 1. The smallest absolute Gasteiger partial charge is 0.308 e. The third kappa shape index (κ3) is 3.83. The molecule has 0 amide bonds. The molecule has 0 aromatic carbocycles. The molecule has 4 heteroatoms. The number of carbonyl (C=O) groups is 1. The van der Waals surface area contributed by atoms with Crippen molar-refractivity contribution in [2.45, 2.75) is 45.2 Å². The minimum absolute atomic E-state index is 0.00534. The Labute approximate surface area is 115 Å². The van der Waals surface area contributed by atoms with E-state index < -0.39 is 0 Å². The quantitative estimate of drug-likeness (QED) is 0.831. The Hall–Kier alpha value is -1.29. The van der Waals surface area contributed by atoms with Crippen LogP contribution in [0.1, 0.15) is 38.2 Å². The van der Waals surface area contributed by atoms with Crippen LogP contribution in [0.4, 0.5) is 0 Å². The van der Waals surface area contributed by atoms with E-state index in [1.165, 1.54) is 5.56 Å². The number of nitrogens with one attached hydrogen (secondary N) is 1. The van der Waals surface area contributed by atoms with E-state index in [4.69, 9.17) is 4.74 Å². The van der Waals surface area contributed by atoms with Gasteiger partial charge in [-0.2, -0.15) is 0 Å².